The number of hydrogen-bond donors (Lipinski definition) is 1. The van der Waals surface area contributed by atoms with Crippen LogP contribution in [0.4, 0.5) is 5.69 Å². The van der Waals surface area contributed by atoms with Gasteiger partial charge in [0.15, 0.2) is 0 Å². The molecule has 0 heterocycles. The Hall–Kier alpha value is -1.69. The number of aryl methyl sites for hydroxylation is 1. The van der Waals surface area contributed by atoms with Crippen LogP contribution in [-0.2, 0) is 0 Å². The van der Waals surface area contributed by atoms with Crippen LogP contribution in [0.2, 0.25) is 0 Å². The molecule has 2 N–H and O–H groups in total. The number of rotatable bonds is 3. The molecule has 13 heavy (non-hydrogen) atoms. The van der Waals surface area contributed by atoms with Gasteiger partial charge in [-0.2, -0.15) is 5.26 Å². The summed E-state index contributed by atoms with van der Waals surface area (Å²) in [6.07, 6.45) is 0.407. The third-order valence-corrected chi connectivity index (χ3v) is 1.67. The highest BCUT2D eigenvalue weighted by Gasteiger charge is 1.98. The molecule has 0 radical (unpaired) electrons. The number of nitrogens with two attached hydrogens (primary N) is 1. The van der Waals surface area contributed by atoms with E-state index in [9.17, 15) is 0 Å². The van der Waals surface area contributed by atoms with Gasteiger partial charge >= 0.3 is 0 Å². The average Bonchev–Trinajstić information content (AvgIpc) is 2.09. The molecule has 0 bridgehead atoms. The van der Waals surface area contributed by atoms with Crippen LogP contribution in [0.25, 0.3) is 0 Å². The highest BCUT2D eigenvalue weighted by Crippen LogP contribution is 2.19. The van der Waals surface area contributed by atoms with Crippen molar-refractivity contribution in [3.63, 3.8) is 0 Å². The fourth-order valence-corrected chi connectivity index (χ4v) is 1.04. The van der Waals surface area contributed by atoms with Gasteiger partial charge in [0.1, 0.15) is 12.4 Å². The topological polar surface area (TPSA) is 59.0 Å². The van der Waals surface area contributed by atoms with Crippen molar-refractivity contribution in [2.75, 3.05) is 12.3 Å². The summed E-state index contributed by atoms with van der Waals surface area (Å²) in [7, 11) is 0. The lowest BCUT2D eigenvalue weighted by Gasteiger charge is -2.07. The minimum absolute atomic E-state index is 0.407. The van der Waals surface area contributed by atoms with Crippen molar-refractivity contribution in [3.05, 3.63) is 23.8 Å². The van der Waals surface area contributed by atoms with E-state index in [4.69, 9.17) is 15.7 Å². The monoisotopic (exact) mass is 176 g/mol. The van der Waals surface area contributed by atoms with Crippen LogP contribution in [0.1, 0.15) is 12.0 Å². The summed E-state index contributed by atoms with van der Waals surface area (Å²) in [6, 6.07) is 7.48. The molecule has 3 nitrogen and oxygen atoms in total. The van der Waals surface area contributed by atoms with E-state index < -0.39 is 0 Å². The van der Waals surface area contributed by atoms with Crippen molar-refractivity contribution in [2.45, 2.75) is 13.3 Å². The summed E-state index contributed by atoms with van der Waals surface area (Å²) in [4.78, 5) is 0. The van der Waals surface area contributed by atoms with E-state index in [0.717, 1.165) is 17.0 Å². The molecule has 0 aromatic heterocycles. The Morgan fingerprint density at radius 1 is 1.54 bits per heavy atom. The van der Waals surface area contributed by atoms with Gasteiger partial charge in [0.25, 0.3) is 0 Å². The Bertz CT molecular complexity index is 328. The van der Waals surface area contributed by atoms with E-state index in [1.54, 1.807) is 6.07 Å². The minimum Gasteiger partial charge on any atom is -0.492 e. The van der Waals surface area contributed by atoms with Crippen molar-refractivity contribution >= 4 is 5.69 Å². The zero-order valence-corrected chi connectivity index (χ0v) is 7.58. The highest BCUT2D eigenvalue weighted by atomic mass is 16.5. The Labute approximate surface area is 77.7 Å². The first kappa shape index (κ1) is 9.40. The molecule has 3 heteroatoms. The van der Waals surface area contributed by atoms with Crippen LogP contribution >= 0.6 is 0 Å². The SMILES string of the molecule is Cc1cc(N)ccc1OCCC#N. The second kappa shape index (κ2) is 4.36. The molecule has 0 aliphatic carbocycles. The van der Waals surface area contributed by atoms with Gasteiger partial charge in [-0.3, -0.25) is 0 Å². The lowest BCUT2D eigenvalue weighted by Crippen LogP contribution is -1.98. The van der Waals surface area contributed by atoms with E-state index in [1.165, 1.54) is 0 Å². The number of nitrogen functional groups attached to an aromatic ring is 1. The maximum atomic E-state index is 8.31. The molecule has 0 aliphatic rings. The molecule has 1 rings (SSSR count). The maximum absolute atomic E-state index is 8.31. The lowest BCUT2D eigenvalue weighted by molar-refractivity contribution is 0.324. The zero-order valence-electron chi connectivity index (χ0n) is 7.58. The minimum atomic E-state index is 0.407. The Morgan fingerprint density at radius 3 is 2.92 bits per heavy atom. The summed E-state index contributed by atoms with van der Waals surface area (Å²) >= 11 is 0. The number of hydrogen-bond acceptors (Lipinski definition) is 3. The van der Waals surface area contributed by atoms with Gasteiger partial charge in [0.05, 0.1) is 12.5 Å². The predicted molar refractivity (Wildman–Crippen MR) is 51.3 cm³/mol. The van der Waals surface area contributed by atoms with Crippen LogP contribution < -0.4 is 10.5 Å². The van der Waals surface area contributed by atoms with Crippen molar-refractivity contribution in [3.8, 4) is 11.8 Å². The molecule has 0 fully saturated rings. The molecule has 0 saturated carbocycles. The third kappa shape index (κ3) is 2.68. The quantitative estimate of drug-likeness (QED) is 0.565. The normalized spacial score (nSPS) is 9.23. The average molecular weight is 176 g/mol. The number of benzene rings is 1. The third-order valence-electron chi connectivity index (χ3n) is 1.67. The van der Waals surface area contributed by atoms with Gasteiger partial charge in [0.2, 0.25) is 0 Å². The van der Waals surface area contributed by atoms with Crippen molar-refractivity contribution < 1.29 is 4.74 Å². The van der Waals surface area contributed by atoms with Crippen LogP contribution in [0.3, 0.4) is 0 Å². The van der Waals surface area contributed by atoms with E-state index in [0.29, 0.717) is 13.0 Å². The molecule has 0 unspecified atom stereocenters. The van der Waals surface area contributed by atoms with Gasteiger partial charge in [-0.15, -0.1) is 0 Å². The maximum Gasteiger partial charge on any atom is 0.122 e. The van der Waals surface area contributed by atoms with Gasteiger partial charge in [-0.25, -0.2) is 0 Å². The molecule has 0 amide bonds. The van der Waals surface area contributed by atoms with Gasteiger partial charge < -0.3 is 10.5 Å². The summed E-state index contributed by atoms with van der Waals surface area (Å²) < 4.78 is 5.35. The van der Waals surface area contributed by atoms with Gasteiger partial charge in [-0.05, 0) is 30.7 Å². The molecule has 1 aromatic rings. The summed E-state index contributed by atoms with van der Waals surface area (Å²) in [5.41, 5.74) is 7.30. The van der Waals surface area contributed by atoms with Gasteiger partial charge in [0, 0.05) is 5.69 Å². The first-order valence-electron chi connectivity index (χ1n) is 4.10. The Kier molecular flexibility index (Phi) is 3.15. The molecule has 0 spiro atoms. The van der Waals surface area contributed by atoms with E-state index in [-0.39, 0.29) is 0 Å². The Balaban J connectivity index is 2.62. The van der Waals surface area contributed by atoms with Crippen molar-refractivity contribution in [1.82, 2.24) is 0 Å². The number of ether oxygens (including phenoxy) is 1. The summed E-state index contributed by atoms with van der Waals surface area (Å²) in [5.74, 6) is 0.796. The van der Waals surface area contributed by atoms with E-state index >= 15 is 0 Å². The lowest BCUT2D eigenvalue weighted by atomic mass is 10.2. The molecule has 1 aromatic carbocycles. The second-order valence-electron chi connectivity index (χ2n) is 2.78. The molecular formula is C10H12N2O. The second-order valence-corrected chi connectivity index (χ2v) is 2.78. The molecule has 68 valence electrons. The van der Waals surface area contributed by atoms with Gasteiger partial charge in [-0.1, -0.05) is 0 Å². The fraction of sp³-hybridized carbons (Fsp3) is 0.300. The van der Waals surface area contributed by atoms with Crippen LogP contribution in [0, 0.1) is 18.3 Å². The van der Waals surface area contributed by atoms with Crippen LogP contribution in [0.5, 0.6) is 5.75 Å². The van der Waals surface area contributed by atoms with E-state index in [1.807, 2.05) is 25.1 Å². The molecular weight excluding hydrogens is 164 g/mol. The summed E-state index contributed by atoms with van der Waals surface area (Å²) in [6.45, 7) is 2.36. The summed E-state index contributed by atoms with van der Waals surface area (Å²) in [5, 5.41) is 8.31. The van der Waals surface area contributed by atoms with E-state index in [2.05, 4.69) is 0 Å². The largest absolute Gasteiger partial charge is 0.492 e. The molecule has 0 aliphatic heterocycles. The Morgan fingerprint density at radius 2 is 2.31 bits per heavy atom. The molecule has 0 saturated heterocycles. The smallest absolute Gasteiger partial charge is 0.122 e. The predicted octanol–water partition coefficient (Wildman–Crippen LogP) is 1.87. The first-order valence-corrected chi connectivity index (χ1v) is 4.10. The zero-order chi connectivity index (χ0) is 9.68. The number of anilines is 1. The van der Waals surface area contributed by atoms with Crippen molar-refractivity contribution in [1.29, 1.82) is 5.26 Å². The molecule has 0 atom stereocenters. The number of nitriles is 1. The highest BCUT2D eigenvalue weighted by molar-refractivity contribution is 5.47. The van der Waals surface area contributed by atoms with Crippen LogP contribution in [-0.4, -0.2) is 6.61 Å². The van der Waals surface area contributed by atoms with Crippen LogP contribution in [0.15, 0.2) is 18.2 Å². The standard InChI is InChI=1S/C10H12N2O/c1-8-7-9(12)3-4-10(8)13-6-2-5-11/h3-4,7H,2,6,12H2,1H3. The fourth-order valence-electron chi connectivity index (χ4n) is 1.04. The number of nitrogens with zero attached hydrogens (tertiary/aromatic N) is 1. The first-order chi connectivity index (χ1) is 6.24. The van der Waals surface area contributed by atoms with Crippen molar-refractivity contribution in [2.24, 2.45) is 0 Å².